The van der Waals surface area contributed by atoms with Gasteiger partial charge in [-0.25, -0.2) is 4.79 Å². The number of H-pyrrole nitrogens is 1. The first-order chi connectivity index (χ1) is 5.36. The molecule has 1 aliphatic rings. The van der Waals surface area contributed by atoms with Crippen LogP contribution in [0.25, 0.3) is 0 Å². The van der Waals surface area contributed by atoms with Crippen molar-refractivity contribution in [2.45, 2.75) is 0 Å². The molecule has 5 nitrogen and oxygen atoms in total. The minimum atomic E-state index is -0.319. The molecule has 5 heteroatoms. The lowest BCUT2D eigenvalue weighted by molar-refractivity contribution is 0.975. The average Bonchev–Trinajstić information content (AvgIpc) is 2.04. The molecular weight excluding hydrogens is 144 g/mol. The standard InChI is InChI=1S/C6H8N4O/c11-6-9-3-4-5(10-6)8-2-1-7-4/h3,7H,1-2H2,(H2,8,9,10,11). The maximum atomic E-state index is 10.7. The van der Waals surface area contributed by atoms with Gasteiger partial charge in [-0.3, -0.25) is 4.98 Å². The summed E-state index contributed by atoms with van der Waals surface area (Å²) < 4.78 is 0. The van der Waals surface area contributed by atoms with Crippen molar-refractivity contribution in [3.63, 3.8) is 0 Å². The molecule has 0 aromatic carbocycles. The Labute approximate surface area is 62.9 Å². The van der Waals surface area contributed by atoms with Crippen LogP contribution in [-0.2, 0) is 0 Å². The molecule has 11 heavy (non-hydrogen) atoms. The molecule has 0 bridgehead atoms. The van der Waals surface area contributed by atoms with Crippen molar-refractivity contribution >= 4 is 11.5 Å². The van der Waals surface area contributed by atoms with E-state index in [1.54, 1.807) is 0 Å². The maximum absolute atomic E-state index is 10.7. The first-order valence-corrected chi connectivity index (χ1v) is 3.43. The fourth-order valence-corrected chi connectivity index (χ4v) is 1.05. The highest BCUT2D eigenvalue weighted by atomic mass is 16.1. The number of nitrogens with zero attached hydrogens (tertiary/aromatic N) is 1. The number of nitrogens with one attached hydrogen (secondary N) is 3. The number of aromatic amines is 1. The van der Waals surface area contributed by atoms with Gasteiger partial charge in [0.15, 0.2) is 0 Å². The van der Waals surface area contributed by atoms with Crippen molar-refractivity contribution in [1.82, 2.24) is 9.97 Å². The molecule has 0 unspecified atom stereocenters. The minimum Gasteiger partial charge on any atom is -0.379 e. The summed E-state index contributed by atoms with van der Waals surface area (Å²) in [5.74, 6) is 0.733. The van der Waals surface area contributed by atoms with Gasteiger partial charge in [0, 0.05) is 13.1 Å². The summed E-state index contributed by atoms with van der Waals surface area (Å²) >= 11 is 0. The van der Waals surface area contributed by atoms with Crippen molar-refractivity contribution in [1.29, 1.82) is 0 Å². The molecule has 2 rings (SSSR count). The minimum absolute atomic E-state index is 0.319. The number of fused-ring (bicyclic) bond motifs is 1. The summed E-state index contributed by atoms with van der Waals surface area (Å²) in [7, 11) is 0. The van der Waals surface area contributed by atoms with Crippen LogP contribution >= 0.6 is 0 Å². The van der Waals surface area contributed by atoms with Crippen LogP contribution < -0.4 is 16.3 Å². The number of hydrogen-bond acceptors (Lipinski definition) is 4. The SMILES string of the molecule is O=c1ncc2c([nH]1)NCCN2. The zero-order valence-corrected chi connectivity index (χ0v) is 5.85. The van der Waals surface area contributed by atoms with Gasteiger partial charge >= 0.3 is 5.69 Å². The van der Waals surface area contributed by atoms with E-state index in [1.165, 1.54) is 6.20 Å². The van der Waals surface area contributed by atoms with Crippen molar-refractivity contribution in [2.24, 2.45) is 0 Å². The molecule has 1 aromatic rings. The predicted molar refractivity (Wildman–Crippen MR) is 41.8 cm³/mol. The third-order valence-electron chi connectivity index (χ3n) is 1.55. The molecule has 2 heterocycles. The van der Waals surface area contributed by atoms with Crippen LogP contribution in [0.15, 0.2) is 11.0 Å². The molecule has 1 aromatic heterocycles. The highest BCUT2D eigenvalue weighted by molar-refractivity contribution is 5.64. The predicted octanol–water partition coefficient (Wildman–Crippen LogP) is -0.393. The highest BCUT2D eigenvalue weighted by Crippen LogP contribution is 2.16. The molecule has 0 saturated carbocycles. The Morgan fingerprint density at radius 3 is 3.09 bits per heavy atom. The first-order valence-electron chi connectivity index (χ1n) is 3.43. The Balaban J connectivity index is 2.51. The van der Waals surface area contributed by atoms with E-state index in [4.69, 9.17) is 0 Å². The van der Waals surface area contributed by atoms with Gasteiger partial charge in [0.05, 0.1) is 11.9 Å². The molecule has 0 amide bonds. The fraction of sp³-hybridized carbons (Fsp3) is 0.333. The summed E-state index contributed by atoms with van der Waals surface area (Å²) in [6.07, 6.45) is 1.53. The fourth-order valence-electron chi connectivity index (χ4n) is 1.05. The Morgan fingerprint density at radius 1 is 1.36 bits per heavy atom. The molecule has 0 fully saturated rings. The van der Waals surface area contributed by atoms with Gasteiger partial charge in [-0.15, -0.1) is 0 Å². The zero-order chi connectivity index (χ0) is 7.68. The lowest BCUT2D eigenvalue weighted by atomic mass is 10.4. The van der Waals surface area contributed by atoms with E-state index in [2.05, 4.69) is 20.6 Å². The van der Waals surface area contributed by atoms with Gasteiger partial charge in [0.2, 0.25) is 0 Å². The van der Waals surface area contributed by atoms with E-state index in [9.17, 15) is 4.79 Å². The number of rotatable bonds is 0. The molecule has 0 atom stereocenters. The molecule has 0 saturated heterocycles. The van der Waals surface area contributed by atoms with Crippen LogP contribution in [0, 0.1) is 0 Å². The Kier molecular flexibility index (Phi) is 1.28. The summed E-state index contributed by atoms with van der Waals surface area (Å²) in [4.78, 5) is 16.9. The number of hydrogen-bond donors (Lipinski definition) is 3. The van der Waals surface area contributed by atoms with Crippen LogP contribution in [-0.4, -0.2) is 23.1 Å². The number of anilines is 2. The second kappa shape index (κ2) is 2.26. The smallest absolute Gasteiger partial charge is 0.346 e. The lowest BCUT2D eigenvalue weighted by Crippen LogP contribution is -2.25. The van der Waals surface area contributed by atoms with Crippen LogP contribution in [0.4, 0.5) is 11.5 Å². The normalized spacial score (nSPS) is 14.5. The highest BCUT2D eigenvalue weighted by Gasteiger charge is 2.06. The van der Waals surface area contributed by atoms with Gasteiger partial charge in [-0.1, -0.05) is 0 Å². The van der Waals surface area contributed by atoms with Gasteiger partial charge in [0.1, 0.15) is 5.82 Å². The van der Waals surface area contributed by atoms with Crippen molar-refractivity contribution in [2.75, 3.05) is 23.7 Å². The lowest BCUT2D eigenvalue weighted by Gasteiger charge is -2.17. The van der Waals surface area contributed by atoms with E-state index in [-0.39, 0.29) is 5.69 Å². The van der Waals surface area contributed by atoms with Gasteiger partial charge in [0.25, 0.3) is 0 Å². The van der Waals surface area contributed by atoms with Crippen molar-refractivity contribution in [3.05, 3.63) is 16.7 Å². The quantitative estimate of drug-likeness (QED) is 0.473. The Hall–Kier alpha value is -1.52. The zero-order valence-electron chi connectivity index (χ0n) is 5.85. The van der Waals surface area contributed by atoms with Gasteiger partial charge < -0.3 is 10.6 Å². The Bertz CT molecular complexity index is 319. The van der Waals surface area contributed by atoms with Gasteiger partial charge in [-0.2, -0.15) is 4.98 Å². The molecule has 0 spiro atoms. The molecule has 1 aliphatic heterocycles. The molecule has 0 radical (unpaired) electrons. The maximum Gasteiger partial charge on any atom is 0.346 e. The Morgan fingerprint density at radius 2 is 2.18 bits per heavy atom. The molecular formula is C6H8N4O. The second-order valence-corrected chi connectivity index (χ2v) is 2.33. The summed E-state index contributed by atoms with van der Waals surface area (Å²) in [6, 6.07) is 0. The van der Waals surface area contributed by atoms with E-state index in [0.29, 0.717) is 0 Å². The van der Waals surface area contributed by atoms with Crippen LogP contribution in [0.2, 0.25) is 0 Å². The molecule has 0 aliphatic carbocycles. The van der Waals surface area contributed by atoms with E-state index in [1.807, 2.05) is 0 Å². The summed E-state index contributed by atoms with van der Waals surface area (Å²) in [5, 5.41) is 6.14. The third kappa shape index (κ3) is 1.04. The van der Waals surface area contributed by atoms with Gasteiger partial charge in [-0.05, 0) is 0 Å². The summed E-state index contributed by atoms with van der Waals surface area (Å²) in [6.45, 7) is 1.69. The largest absolute Gasteiger partial charge is 0.379 e. The second-order valence-electron chi connectivity index (χ2n) is 2.33. The van der Waals surface area contributed by atoms with Crippen LogP contribution in [0.5, 0.6) is 0 Å². The molecule has 58 valence electrons. The van der Waals surface area contributed by atoms with Crippen LogP contribution in [0.1, 0.15) is 0 Å². The summed E-state index contributed by atoms with van der Waals surface area (Å²) in [5.41, 5.74) is 0.538. The topological polar surface area (TPSA) is 69.8 Å². The van der Waals surface area contributed by atoms with Crippen molar-refractivity contribution in [3.8, 4) is 0 Å². The van der Waals surface area contributed by atoms with Crippen LogP contribution in [0.3, 0.4) is 0 Å². The van der Waals surface area contributed by atoms with Crippen molar-refractivity contribution < 1.29 is 0 Å². The van der Waals surface area contributed by atoms with E-state index in [0.717, 1.165) is 24.6 Å². The monoisotopic (exact) mass is 152 g/mol. The molecule has 3 N–H and O–H groups in total. The first kappa shape index (κ1) is 6.21. The van der Waals surface area contributed by atoms with E-state index >= 15 is 0 Å². The van der Waals surface area contributed by atoms with E-state index < -0.39 is 0 Å². The average molecular weight is 152 g/mol. The third-order valence-corrected chi connectivity index (χ3v) is 1.55. The number of aromatic nitrogens is 2.